The van der Waals surface area contributed by atoms with Crippen molar-refractivity contribution in [2.45, 2.75) is 26.0 Å². The van der Waals surface area contributed by atoms with Gasteiger partial charge in [-0.3, -0.25) is 4.79 Å². The maximum atomic E-state index is 11.5. The molecule has 0 spiro atoms. The molecule has 0 aliphatic rings. The van der Waals surface area contributed by atoms with Gasteiger partial charge in [0, 0.05) is 17.9 Å². The average Bonchev–Trinajstić information content (AvgIpc) is 2.35. The zero-order valence-corrected chi connectivity index (χ0v) is 11.6. The fourth-order valence-corrected chi connectivity index (χ4v) is 2.40. The van der Waals surface area contributed by atoms with Crippen LogP contribution in [0.4, 0.5) is 0 Å². The van der Waals surface area contributed by atoms with Gasteiger partial charge in [0.25, 0.3) is 0 Å². The molecule has 1 aromatic carbocycles. The fraction of sp³-hybridized carbons (Fsp3) is 0.429. The van der Waals surface area contributed by atoms with Crippen molar-refractivity contribution in [2.75, 3.05) is 12.4 Å². The summed E-state index contributed by atoms with van der Waals surface area (Å²) in [7, 11) is 0. The molecule has 0 aliphatic carbocycles. The van der Waals surface area contributed by atoms with Crippen molar-refractivity contribution in [2.24, 2.45) is 0 Å². The van der Waals surface area contributed by atoms with E-state index >= 15 is 0 Å². The third kappa shape index (κ3) is 5.36. The Kier molecular flexibility index (Phi) is 6.50. The van der Waals surface area contributed by atoms with Gasteiger partial charge in [-0.1, -0.05) is 12.1 Å². The number of Topliss-reactive ketones (excluding diaryl/α,β-unsaturated/α-hetero) is 1. The Labute approximate surface area is 112 Å². The Hall–Kier alpha value is -1.29. The Balaban J connectivity index is 2.49. The molecule has 0 saturated heterocycles. The molecule has 0 bridgehead atoms. The molecule has 18 heavy (non-hydrogen) atoms. The smallest absolute Gasteiger partial charge is 0.338 e. The van der Waals surface area contributed by atoms with Crippen molar-refractivity contribution in [3.63, 3.8) is 0 Å². The van der Waals surface area contributed by atoms with E-state index in [-0.39, 0.29) is 11.8 Å². The van der Waals surface area contributed by atoms with Crippen LogP contribution in [0.2, 0.25) is 0 Å². The minimum absolute atomic E-state index is 0.211. The largest absolute Gasteiger partial charge is 0.462 e. The molecule has 0 amide bonds. The van der Waals surface area contributed by atoms with Gasteiger partial charge < -0.3 is 4.74 Å². The van der Waals surface area contributed by atoms with Crippen LogP contribution in [-0.2, 0) is 15.3 Å². The van der Waals surface area contributed by atoms with Crippen molar-refractivity contribution in [3.05, 3.63) is 35.4 Å². The Morgan fingerprint density at radius 1 is 1.33 bits per heavy atom. The van der Waals surface area contributed by atoms with Gasteiger partial charge in [-0.15, -0.1) is 0 Å². The molecule has 0 atom stereocenters. The third-order valence-corrected chi connectivity index (χ3v) is 3.34. The molecule has 0 aromatic heterocycles. The van der Waals surface area contributed by atoms with E-state index in [1.807, 2.05) is 18.2 Å². The molecule has 0 saturated carbocycles. The summed E-state index contributed by atoms with van der Waals surface area (Å²) >= 11 is 1.70. The van der Waals surface area contributed by atoms with E-state index in [0.717, 1.165) is 17.1 Å². The van der Waals surface area contributed by atoms with Gasteiger partial charge in [0.05, 0.1) is 12.2 Å². The fourth-order valence-electron chi connectivity index (χ4n) is 1.41. The maximum Gasteiger partial charge on any atom is 0.338 e. The first-order valence-corrected chi connectivity index (χ1v) is 7.12. The summed E-state index contributed by atoms with van der Waals surface area (Å²) in [5, 5.41) is 0. The minimum atomic E-state index is -0.284. The van der Waals surface area contributed by atoms with Crippen molar-refractivity contribution < 1.29 is 14.3 Å². The number of carbonyl (C=O) groups is 2. The number of benzene rings is 1. The zero-order valence-electron chi connectivity index (χ0n) is 10.8. The molecule has 0 aliphatic heterocycles. The van der Waals surface area contributed by atoms with E-state index in [0.29, 0.717) is 18.6 Å². The number of ether oxygens (including phenoxy) is 1. The van der Waals surface area contributed by atoms with Gasteiger partial charge in [0.1, 0.15) is 5.78 Å². The lowest BCUT2D eigenvalue weighted by atomic mass is 10.1. The normalized spacial score (nSPS) is 10.1. The van der Waals surface area contributed by atoms with E-state index in [9.17, 15) is 9.59 Å². The molecular weight excluding hydrogens is 248 g/mol. The molecule has 1 rings (SSSR count). The summed E-state index contributed by atoms with van der Waals surface area (Å²) < 4.78 is 4.95. The molecule has 0 fully saturated rings. The Bertz CT molecular complexity index is 415. The van der Waals surface area contributed by atoms with Gasteiger partial charge in [0.2, 0.25) is 0 Å². The maximum absolute atomic E-state index is 11.5. The van der Waals surface area contributed by atoms with Crippen molar-refractivity contribution in [1.82, 2.24) is 0 Å². The number of esters is 1. The lowest BCUT2D eigenvalue weighted by Gasteiger charge is -2.05. The topological polar surface area (TPSA) is 43.4 Å². The standard InChI is InChI=1S/C14H18O3S/c1-3-17-14(16)13-6-4-5-12(9-13)10-18-8-7-11(2)15/h4-6,9H,3,7-8,10H2,1-2H3. The SMILES string of the molecule is CCOC(=O)c1cccc(CSCCC(C)=O)c1. The van der Waals surface area contributed by atoms with Crippen LogP contribution >= 0.6 is 11.8 Å². The lowest BCUT2D eigenvalue weighted by molar-refractivity contribution is -0.116. The summed E-state index contributed by atoms with van der Waals surface area (Å²) in [6, 6.07) is 7.43. The molecule has 0 unspecified atom stereocenters. The molecule has 4 heteroatoms. The van der Waals surface area contributed by atoms with Crippen LogP contribution in [0.1, 0.15) is 36.2 Å². The van der Waals surface area contributed by atoms with Crippen molar-refractivity contribution in [3.8, 4) is 0 Å². The first kappa shape index (κ1) is 14.8. The van der Waals surface area contributed by atoms with E-state index in [1.165, 1.54) is 0 Å². The summed E-state index contributed by atoms with van der Waals surface area (Å²) in [6.07, 6.45) is 0.599. The van der Waals surface area contributed by atoms with Gasteiger partial charge in [0.15, 0.2) is 0 Å². The van der Waals surface area contributed by atoms with E-state index in [4.69, 9.17) is 4.74 Å². The average molecular weight is 266 g/mol. The predicted octanol–water partition coefficient (Wildman–Crippen LogP) is 3.08. The van der Waals surface area contributed by atoms with Crippen molar-refractivity contribution in [1.29, 1.82) is 0 Å². The minimum Gasteiger partial charge on any atom is -0.462 e. The van der Waals surface area contributed by atoms with Gasteiger partial charge >= 0.3 is 5.97 Å². The highest BCUT2D eigenvalue weighted by atomic mass is 32.2. The molecule has 0 N–H and O–H groups in total. The molecule has 0 radical (unpaired) electrons. The zero-order chi connectivity index (χ0) is 13.4. The first-order chi connectivity index (χ1) is 8.63. The van der Waals surface area contributed by atoms with Crippen LogP contribution in [-0.4, -0.2) is 24.1 Å². The highest BCUT2D eigenvalue weighted by molar-refractivity contribution is 7.98. The van der Waals surface area contributed by atoms with Crippen LogP contribution in [0.3, 0.4) is 0 Å². The summed E-state index contributed by atoms with van der Waals surface area (Å²) in [4.78, 5) is 22.3. The van der Waals surface area contributed by atoms with E-state index in [1.54, 1.807) is 31.7 Å². The van der Waals surface area contributed by atoms with Crippen LogP contribution < -0.4 is 0 Å². The number of rotatable bonds is 7. The predicted molar refractivity (Wildman–Crippen MR) is 73.9 cm³/mol. The highest BCUT2D eigenvalue weighted by Gasteiger charge is 2.06. The van der Waals surface area contributed by atoms with E-state index < -0.39 is 0 Å². The number of hydrogen-bond acceptors (Lipinski definition) is 4. The first-order valence-electron chi connectivity index (χ1n) is 5.96. The summed E-state index contributed by atoms with van der Waals surface area (Å²) in [5.41, 5.74) is 1.66. The summed E-state index contributed by atoms with van der Waals surface area (Å²) in [5.74, 6) is 1.55. The number of thioether (sulfide) groups is 1. The molecule has 98 valence electrons. The Morgan fingerprint density at radius 2 is 2.11 bits per heavy atom. The van der Waals surface area contributed by atoms with E-state index in [2.05, 4.69) is 0 Å². The van der Waals surface area contributed by atoms with Crippen molar-refractivity contribution >= 4 is 23.5 Å². The molecule has 1 aromatic rings. The monoisotopic (exact) mass is 266 g/mol. The second-order valence-corrected chi connectivity index (χ2v) is 5.03. The molecule has 3 nitrogen and oxygen atoms in total. The van der Waals surface area contributed by atoms with Crippen LogP contribution in [0.5, 0.6) is 0 Å². The third-order valence-electron chi connectivity index (χ3n) is 2.31. The quantitative estimate of drug-likeness (QED) is 0.562. The second kappa shape index (κ2) is 7.93. The Morgan fingerprint density at radius 3 is 2.78 bits per heavy atom. The number of hydrogen-bond donors (Lipinski definition) is 0. The molecule has 0 heterocycles. The van der Waals surface area contributed by atoms with Crippen LogP contribution in [0.15, 0.2) is 24.3 Å². The lowest BCUT2D eigenvalue weighted by Crippen LogP contribution is -2.04. The number of carbonyl (C=O) groups excluding carboxylic acids is 2. The highest BCUT2D eigenvalue weighted by Crippen LogP contribution is 2.15. The second-order valence-electron chi connectivity index (χ2n) is 3.93. The van der Waals surface area contributed by atoms with Gasteiger partial charge in [-0.2, -0.15) is 11.8 Å². The molecular formula is C14H18O3S. The van der Waals surface area contributed by atoms with Crippen LogP contribution in [0.25, 0.3) is 0 Å². The number of ketones is 1. The summed E-state index contributed by atoms with van der Waals surface area (Å²) in [6.45, 7) is 3.78. The van der Waals surface area contributed by atoms with Gasteiger partial charge in [-0.05, 0) is 31.5 Å². The van der Waals surface area contributed by atoms with Gasteiger partial charge in [-0.25, -0.2) is 4.79 Å². The van der Waals surface area contributed by atoms with Crippen LogP contribution in [0, 0.1) is 0 Å².